The lowest BCUT2D eigenvalue weighted by molar-refractivity contribution is 0.0931. The Labute approximate surface area is 144 Å². The van der Waals surface area contributed by atoms with E-state index in [1.807, 2.05) is 30.3 Å². The second kappa shape index (κ2) is 6.52. The summed E-state index contributed by atoms with van der Waals surface area (Å²) in [5, 5.41) is 9.13. The first-order valence-corrected chi connectivity index (χ1v) is 8.40. The topological polar surface area (TPSA) is 91.3 Å². The van der Waals surface area contributed by atoms with Crippen molar-refractivity contribution in [2.75, 3.05) is 13.1 Å². The Morgan fingerprint density at radius 2 is 1.96 bits per heavy atom. The maximum atomic E-state index is 12.6. The summed E-state index contributed by atoms with van der Waals surface area (Å²) in [5.41, 5.74) is 1.88. The van der Waals surface area contributed by atoms with Gasteiger partial charge in [-0.1, -0.05) is 30.3 Å². The quantitative estimate of drug-likeness (QED) is 0.669. The Bertz CT molecular complexity index is 955. The number of H-pyrrole nitrogens is 1. The average Bonchev–Trinajstić information content (AvgIpc) is 3.08. The number of nitrogens with one attached hydrogen (secondary N) is 3. The molecule has 3 N–H and O–H groups in total. The van der Waals surface area contributed by atoms with Crippen LogP contribution in [0.3, 0.4) is 0 Å². The number of benzene rings is 1. The highest BCUT2D eigenvalue weighted by Crippen LogP contribution is 2.17. The third-order valence-electron chi connectivity index (χ3n) is 4.49. The van der Waals surface area contributed by atoms with Crippen molar-refractivity contribution < 1.29 is 4.79 Å². The van der Waals surface area contributed by atoms with Gasteiger partial charge in [0.1, 0.15) is 5.56 Å². The molecular weight excluding hydrogens is 318 g/mol. The van der Waals surface area contributed by atoms with Crippen LogP contribution < -0.4 is 16.2 Å². The molecule has 1 aliphatic heterocycles. The molecule has 3 heterocycles. The van der Waals surface area contributed by atoms with Gasteiger partial charge >= 0.3 is 0 Å². The van der Waals surface area contributed by atoms with Gasteiger partial charge in [0.2, 0.25) is 0 Å². The first kappa shape index (κ1) is 15.6. The lowest BCUT2D eigenvalue weighted by Gasteiger charge is -2.23. The number of hydrogen-bond acceptors (Lipinski definition) is 4. The molecule has 1 aromatic carbocycles. The monoisotopic (exact) mass is 337 g/mol. The number of fused-ring (bicyclic) bond motifs is 1. The van der Waals surface area contributed by atoms with Crippen molar-refractivity contribution in [3.8, 4) is 11.3 Å². The Kier molecular flexibility index (Phi) is 4.07. The lowest BCUT2D eigenvalue weighted by Crippen LogP contribution is -2.42. The van der Waals surface area contributed by atoms with Crippen molar-refractivity contribution in [2.24, 2.45) is 0 Å². The molecule has 0 unspecified atom stereocenters. The standard InChI is InChI=1S/C18H19N5O2/c24-16-10-15(12-4-2-1-3-5-12)22-17-14(11-20-23(16)17)18(25)21-13-6-8-19-9-7-13/h1-5,10-11,13,19-20H,6-9H2,(H,21,25). The summed E-state index contributed by atoms with van der Waals surface area (Å²) in [6.45, 7) is 1.80. The molecule has 4 rings (SSSR count). The van der Waals surface area contributed by atoms with E-state index in [0.717, 1.165) is 31.5 Å². The van der Waals surface area contributed by atoms with Crippen LogP contribution >= 0.6 is 0 Å². The molecule has 2 aromatic heterocycles. The largest absolute Gasteiger partial charge is 0.349 e. The van der Waals surface area contributed by atoms with Crippen LogP contribution in [0.1, 0.15) is 23.2 Å². The van der Waals surface area contributed by atoms with Crippen LogP contribution in [0.25, 0.3) is 16.9 Å². The smallest absolute Gasteiger partial charge is 0.273 e. The van der Waals surface area contributed by atoms with Crippen molar-refractivity contribution in [2.45, 2.75) is 18.9 Å². The molecule has 0 aliphatic carbocycles. The van der Waals surface area contributed by atoms with Crippen LogP contribution in [0, 0.1) is 0 Å². The van der Waals surface area contributed by atoms with Crippen LogP contribution in [0.15, 0.2) is 47.4 Å². The van der Waals surface area contributed by atoms with Gasteiger partial charge in [-0.3, -0.25) is 14.7 Å². The van der Waals surface area contributed by atoms with E-state index in [1.165, 1.54) is 16.8 Å². The predicted octanol–water partition coefficient (Wildman–Crippen LogP) is 1.17. The van der Waals surface area contributed by atoms with E-state index in [2.05, 4.69) is 20.7 Å². The number of nitrogens with zero attached hydrogens (tertiary/aromatic N) is 2. The number of aromatic nitrogens is 3. The molecule has 0 spiro atoms. The zero-order valence-electron chi connectivity index (χ0n) is 13.7. The zero-order chi connectivity index (χ0) is 17.2. The minimum absolute atomic E-state index is 0.146. The molecule has 1 saturated heterocycles. The van der Waals surface area contributed by atoms with Gasteiger partial charge < -0.3 is 10.6 Å². The molecule has 1 aliphatic rings. The zero-order valence-corrected chi connectivity index (χ0v) is 13.7. The van der Waals surface area contributed by atoms with E-state index >= 15 is 0 Å². The van der Waals surface area contributed by atoms with Gasteiger partial charge in [0, 0.05) is 23.9 Å². The molecule has 0 saturated carbocycles. The van der Waals surface area contributed by atoms with Gasteiger partial charge in [-0.25, -0.2) is 9.50 Å². The van der Waals surface area contributed by atoms with Gasteiger partial charge in [-0.05, 0) is 25.9 Å². The minimum atomic E-state index is -0.246. The van der Waals surface area contributed by atoms with Crippen LogP contribution in [0.4, 0.5) is 0 Å². The molecule has 0 radical (unpaired) electrons. The molecule has 3 aromatic rings. The van der Waals surface area contributed by atoms with Crippen LogP contribution in [0.2, 0.25) is 0 Å². The summed E-state index contributed by atoms with van der Waals surface area (Å²) in [6, 6.07) is 11.1. The van der Waals surface area contributed by atoms with Crippen molar-refractivity contribution in [1.82, 2.24) is 25.2 Å². The van der Waals surface area contributed by atoms with E-state index in [-0.39, 0.29) is 17.5 Å². The molecule has 7 heteroatoms. The highest BCUT2D eigenvalue weighted by molar-refractivity contribution is 6.00. The second-order valence-electron chi connectivity index (χ2n) is 6.19. The van der Waals surface area contributed by atoms with Crippen molar-refractivity contribution in [1.29, 1.82) is 0 Å². The van der Waals surface area contributed by atoms with Gasteiger partial charge in [-0.15, -0.1) is 0 Å². The molecule has 0 bridgehead atoms. The Balaban J connectivity index is 1.71. The van der Waals surface area contributed by atoms with E-state index in [4.69, 9.17) is 0 Å². The molecular formula is C18H19N5O2. The number of carbonyl (C=O) groups is 1. The number of rotatable bonds is 3. The van der Waals surface area contributed by atoms with Gasteiger partial charge in [-0.2, -0.15) is 0 Å². The third-order valence-corrected chi connectivity index (χ3v) is 4.49. The number of carbonyl (C=O) groups excluding carboxylic acids is 1. The highest BCUT2D eigenvalue weighted by Gasteiger charge is 2.20. The minimum Gasteiger partial charge on any atom is -0.349 e. The van der Waals surface area contributed by atoms with Crippen molar-refractivity contribution >= 4 is 11.6 Å². The molecule has 1 amide bonds. The Hall–Kier alpha value is -2.93. The van der Waals surface area contributed by atoms with Gasteiger partial charge in [0.25, 0.3) is 11.5 Å². The highest BCUT2D eigenvalue weighted by atomic mass is 16.2. The van der Waals surface area contributed by atoms with Crippen LogP contribution in [-0.2, 0) is 0 Å². The Morgan fingerprint density at radius 3 is 2.72 bits per heavy atom. The number of piperidine rings is 1. The Morgan fingerprint density at radius 1 is 1.20 bits per heavy atom. The summed E-state index contributed by atoms with van der Waals surface area (Å²) in [6.07, 6.45) is 3.34. The predicted molar refractivity (Wildman–Crippen MR) is 94.6 cm³/mol. The first-order chi connectivity index (χ1) is 12.2. The number of hydrogen-bond donors (Lipinski definition) is 3. The molecule has 128 valence electrons. The SMILES string of the molecule is O=C(NC1CCNCC1)c1c[nH]n2c(=O)cc(-c3ccccc3)nc12. The summed E-state index contributed by atoms with van der Waals surface area (Å²) >= 11 is 0. The van der Waals surface area contributed by atoms with E-state index in [1.54, 1.807) is 0 Å². The van der Waals surface area contributed by atoms with Gasteiger partial charge in [0.05, 0.1) is 5.69 Å². The van der Waals surface area contributed by atoms with Crippen molar-refractivity contribution in [3.05, 3.63) is 58.5 Å². The summed E-state index contributed by atoms with van der Waals surface area (Å²) in [7, 11) is 0. The fraction of sp³-hybridized carbons (Fsp3) is 0.278. The average molecular weight is 337 g/mol. The van der Waals surface area contributed by atoms with Crippen LogP contribution in [0.5, 0.6) is 0 Å². The third kappa shape index (κ3) is 3.06. The molecule has 0 atom stereocenters. The fourth-order valence-electron chi connectivity index (χ4n) is 3.13. The molecule has 7 nitrogen and oxygen atoms in total. The molecule has 1 fully saturated rings. The maximum absolute atomic E-state index is 12.6. The summed E-state index contributed by atoms with van der Waals surface area (Å²) in [4.78, 5) is 29.5. The van der Waals surface area contributed by atoms with E-state index in [9.17, 15) is 9.59 Å². The van der Waals surface area contributed by atoms with E-state index in [0.29, 0.717) is 16.9 Å². The first-order valence-electron chi connectivity index (χ1n) is 8.40. The second-order valence-corrected chi connectivity index (χ2v) is 6.19. The normalized spacial score (nSPS) is 15.4. The van der Waals surface area contributed by atoms with Gasteiger partial charge in [0.15, 0.2) is 5.65 Å². The lowest BCUT2D eigenvalue weighted by atomic mass is 10.1. The number of aromatic amines is 1. The maximum Gasteiger partial charge on any atom is 0.273 e. The fourth-order valence-corrected chi connectivity index (χ4v) is 3.13. The number of amides is 1. The van der Waals surface area contributed by atoms with Crippen molar-refractivity contribution in [3.63, 3.8) is 0 Å². The molecule has 25 heavy (non-hydrogen) atoms. The summed E-state index contributed by atoms with van der Waals surface area (Å²) in [5.74, 6) is -0.206. The summed E-state index contributed by atoms with van der Waals surface area (Å²) < 4.78 is 1.30. The van der Waals surface area contributed by atoms with Crippen LogP contribution in [-0.4, -0.2) is 39.6 Å². The van der Waals surface area contributed by atoms with E-state index < -0.39 is 0 Å².